The summed E-state index contributed by atoms with van der Waals surface area (Å²) in [6.45, 7) is 4.34. The SMILES string of the molecule is CCCNCCc1c[nH]c2ccc(Br)cc12. The molecule has 2 rings (SSSR count). The number of benzene rings is 1. The van der Waals surface area contributed by atoms with Gasteiger partial charge in [0.25, 0.3) is 0 Å². The van der Waals surface area contributed by atoms with Crippen LogP contribution in [0.25, 0.3) is 10.9 Å². The number of nitrogens with one attached hydrogen (secondary N) is 2. The van der Waals surface area contributed by atoms with Crippen LogP contribution in [-0.4, -0.2) is 18.1 Å². The van der Waals surface area contributed by atoms with Crippen LogP contribution in [-0.2, 0) is 6.42 Å². The van der Waals surface area contributed by atoms with Crippen LogP contribution in [0.15, 0.2) is 28.9 Å². The van der Waals surface area contributed by atoms with Crippen LogP contribution in [0.3, 0.4) is 0 Å². The molecule has 0 saturated carbocycles. The minimum atomic E-state index is 1.05. The minimum Gasteiger partial charge on any atom is -0.361 e. The van der Waals surface area contributed by atoms with E-state index in [1.165, 1.54) is 22.9 Å². The molecular formula is C13H17BrN2. The highest BCUT2D eigenvalue weighted by atomic mass is 79.9. The van der Waals surface area contributed by atoms with E-state index in [1.807, 2.05) is 0 Å². The zero-order valence-electron chi connectivity index (χ0n) is 9.52. The summed E-state index contributed by atoms with van der Waals surface area (Å²) in [5.74, 6) is 0. The number of hydrogen-bond donors (Lipinski definition) is 2. The highest BCUT2D eigenvalue weighted by molar-refractivity contribution is 9.10. The molecule has 2 aromatic rings. The Kier molecular flexibility index (Phi) is 4.02. The molecule has 1 aromatic carbocycles. The lowest BCUT2D eigenvalue weighted by molar-refractivity contribution is 0.672. The van der Waals surface area contributed by atoms with Gasteiger partial charge in [0.2, 0.25) is 0 Å². The normalized spacial score (nSPS) is 11.1. The second kappa shape index (κ2) is 5.51. The van der Waals surface area contributed by atoms with Crippen LogP contribution >= 0.6 is 15.9 Å². The van der Waals surface area contributed by atoms with Crippen LogP contribution in [0.2, 0.25) is 0 Å². The van der Waals surface area contributed by atoms with Gasteiger partial charge in [-0.15, -0.1) is 0 Å². The third-order valence-corrected chi connectivity index (χ3v) is 3.22. The van der Waals surface area contributed by atoms with Crippen LogP contribution in [0.5, 0.6) is 0 Å². The Bertz CT molecular complexity index is 462. The number of hydrogen-bond acceptors (Lipinski definition) is 1. The maximum absolute atomic E-state index is 3.51. The Hall–Kier alpha value is -0.800. The minimum absolute atomic E-state index is 1.05. The molecule has 0 bridgehead atoms. The van der Waals surface area contributed by atoms with Gasteiger partial charge in [-0.25, -0.2) is 0 Å². The van der Waals surface area contributed by atoms with E-state index in [0.29, 0.717) is 0 Å². The van der Waals surface area contributed by atoms with E-state index in [9.17, 15) is 0 Å². The monoisotopic (exact) mass is 280 g/mol. The molecule has 0 aliphatic carbocycles. The molecule has 0 spiro atoms. The molecule has 16 heavy (non-hydrogen) atoms. The molecule has 0 aliphatic rings. The fourth-order valence-corrected chi connectivity index (χ4v) is 2.24. The summed E-state index contributed by atoms with van der Waals surface area (Å²) < 4.78 is 1.14. The molecular weight excluding hydrogens is 264 g/mol. The largest absolute Gasteiger partial charge is 0.361 e. The number of aromatic amines is 1. The van der Waals surface area contributed by atoms with Crippen molar-refractivity contribution in [3.63, 3.8) is 0 Å². The first-order valence-corrected chi connectivity index (χ1v) is 6.57. The highest BCUT2D eigenvalue weighted by Crippen LogP contribution is 2.22. The zero-order chi connectivity index (χ0) is 11.4. The van der Waals surface area contributed by atoms with E-state index in [1.54, 1.807) is 0 Å². The van der Waals surface area contributed by atoms with Crippen LogP contribution < -0.4 is 5.32 Å². The maximum atomic E-state index is 3.51. The Morgan fingerprint density at radius 3 is 3.00 bits per heavy atom. The topological polar surface area (TPSA) is 27.8 Å². The molecule has 2 nitrogen and oxygen atoms in total. The van der Waals surface area contributed by atoms with Crippen molar-refractivity contribution in [2.24, 2.45) is 0 Å². The lowest BCUT2D eigenvalue weighted by Gasteiger charge is -2.02. The molecule has 0 atom stereocenters. The first-order chi connectivity index (χ1) is 7.81. The average molecular weight is 281 g/mol. The van der Waals surface area contributed by atoms with Crippen LogP contribution in [0.1, 0.15) is 18.9 Å². The smallest absolute Gasteiger partial charge is 0.0457 e. The Labute approximate surface area is 105 Å². The maximum Gasteiger partial charge on any atom is 0.0457 e. The van der Waals surface area contributed by atoms with E-state index >= 15 is 0 Å². The molecule has 1 heterocycles. The molecule has 0 unspecified atom stereocenters. The van der Waals surface area contributed by atoms with Crippen molar-refractivity contribution < 1.29 is 0 Å². The standard InChI is InChI=1S/C13H17BrN2/c1-2-6-15-7-5-10-9-16-13-4-3-11(14)8-12(10)13/h3-4,8-9,15-16H,2,5-7H2,1H3. The molecule has 86 valence electrons. The van der Waals surface area contributed by atoms with E-state index in [2.05, 4.69) is 57.6 Å². The number of fused-ring (bicyclic) bond motifs is 1. The predicted molar refractivity (Wildman–Crippen MR) is 72.9 cm³/mol. The molecule has 3 heteroatoms. The average Bonchev–Trinajstić information content (AvgIpc) is 2.67. The fraction of sp³-hybridized carbons (Fsp3) is 0.385. The van der Waals surface area contributed by atoms with Crippen molar-refractivity contribution in [3.05, 3.63) is 34.4 Å². The van der Waals surface area contributed by atoms with E-state index in [-0.39, 0.29) is 0 Å². The first kappa shape index (κ1) is 11.7. The van der Waals surface area contributed by atoms with Crippen molar-refractivity contribution in [1.29, 1.82) is 0 Å². The van der Waals surface area contributed by atoms with Gasteiger partial charge < -0.3 is 10.3 Å². The van der Waals surface area contributed by atoms with Gasteiger partial charge in [0, 0.05) is 21.6 Å². The summed E-state index contributed by atoms with van der Waals surface area (Å²) in [5, 5.41) is 4.75. The molecule has 0 saturated heterocycles. The first-order valence-electron chi connectivity index (χ1n) is 5.77. The second-order valence-corrected chi connectivity index (χ2v) is 4.92. The molecule has 0 fully saturated rings. The van der Waals surface area contributed by atoms with Crippen molar-refractivity contribution >= 4 is 26.8 Å². The Balaban J connectivity index is 2.09. The lowest BCUT2D eigenvalue weighted by Crippen LogP contribution is -2.17. The summed E-state index contributed by atoms with van der Waals surface area (Å²) >= 11 is 3.51. The lowest BCUT2D eigenvalue weighted by atomic mass is 10.1. The van der Waals surface area contributed by atoms with Gasteiger partial charge in [0.1, 0.15) is 0 Å². The van der Waals surface area contributed by atoms with Crippen molar-refractivity contribution in [1.82, 2.24) is 10.3 Å². The van der Waals surface area contributed by atoms with Gasteiger partial charge in [-0.3, -0.25) is 0 Å². The molecule has 0 aliphatic heterocycles. The van der Waals surface area contributed by atoms with E-state index in [4.69, 9.17) is 0 Å². The summed E-state index contributed by atoms with van der Waals surface area (Å²) in [6.07, 6.45) is 4.39. The third-order valence-electron chi connectivity index (χ3n) is 2.73. The van der Waals surface area contributed by atoms with Gasteiger partial charge >= 0.3 is 0 Å². The Morgan fingerprint density at radius 2 is 2.19 bits per heavy atom. The number of rotatable bonds is 5. The molecule has 0 amide bonds. The number of aromatic nitrogens is 1. The second-order valence-electron chi connectivity index (χ2n) is 4.00. The molecule has 1 aromatic heterocycles. The van der Waals surface area contributed by atoms with Crippen LogP contribution in [0.4, 0.5) is 0 Å². The summed E-state index contributed by atoms with van der Waals surface area (Å²) in [7, 11) is 0. The molecule has 2 N–H and O–H groups in total. The molecule has 0 radical (unpaired) electrons. The van der Waals surface area contributed by atoms with Gasteiger partial charge in [0.15, 0.2) is 0 Å². The van der Waals surface area contributed by atoms with Gasteiger partial charge in [-0.2, -0.15) is 0 Å². The van der Waals surface area contributed by atoms with E-state index in [0.717, 1.165) is 24.0 Å². The third kappa shape index (κ3) is 2.66. The summed E-state index contributed by atoms with van der Waals surface area (Å²) in [4.78, 5) is 3.31. The van der Waals surface area contributed by atoms with Crippen molar-refractivity contribution in [3.8, 4) is 0 Å². The zero-order valence-corrected chi connectivity index (χ0v) is 11.1. The van der Waals surface area contributed by atoms with Gasteiger partial charge in [-0.1, -0.05) is 22.9 Å². The number of H-pyrrole nitrogens is 1. The van der Waals surface area contributed by atoms with Crippen molar-refractivity contribution in [2.75, 3.05) is 13.1 Å². The summed E-state index contributed by atoms with van der Waals surface area (Å²) in [5.41, 5.74) is 2.61. The number of halogens is 1. The van der Waals surface area contributed by atoms with Crippen LogP contribution in [0, 0.1) is 0 Å². The highest BCUT2D eigenvalue weighted by Gasteiger charge is 2.03. The van der Waals surface area contributed by atoms with Crippen molar-refractivity contribution in [2.45, 2.75) is 19.8 Å². The fourth-order valence-electron chi connectivity index (χ4n) is 1.88. The quantitative estimate of drug-likeness (QED) is 0.807. The predicted octanol–water partition coefficient (Wildman–Crippen LogP) is 3.47. The van der Waals surface area contributed by atoms with Gasteiger partial charge in [0.05, 0.1) is 0 Å². The Morgan fingerprint density at radius 1 is 1.31 bits per heavy atom. The van der Waals surface area contributed by atoms with E-state index < -0.39 is 0 Å². The summed E-state index contributed by atoms with van der Waals surface area (Å²) in [6, 6.07) is 6.36. The van der Waals surface area contributed by atoms with Gasteiger partial charge in [-0.05, 0) is 49.7 Å².